The summed E-state index contributed by atoms with van der Waals surface area (Å²) in [4.78, 5) is 30.3. The molecular formula is C19H15BrN2O4S. The fourth-order valence-electron chi connectivity index (χ4n) is 2.45. The Bertz CT molecular complexity index is 987. The van der Waals surface area contributed by atoms with Gasteiger partial charge in [-0.1, -0.05) is 12.1 Å². The van der Waals surface area contributed by atoms with Crippen LogP contribution in [0.25, 0.3) is 6.08 Å². The second kappa shape index (κ2) is 7.98. The van der Waals surface area contributed by atoms with Gasteiger partial charge < -0.3 is 10.2 Å². The van der Waals surface area contributed by atoms with Gasteiger partial charge in [0.15, 0.2) is 5.17 Å². The highest BCUT2D eigenvalue weighted by Crippen LogP contribution is 2.35. The summed E-state index contributed by atoms with van der Waals surface area (Å²) < 4.78 is 0.541. The zero-order valence-corrected chi connectivity index (χ0v) is 16.6. The number of thioether (sulfide) groups is 1. The number of hydrogen-bond acceptors (Lipinski definition) is 5. The van der Waals surface area contributed by atoms with Gasteiger partial charge in [0.25, 0.3) is 5.91 Å². The molecule has 0 aliphatic carbocycles. The third kappa shape index (κ3) is 4.23. The molecular weight excluding hydrogens is 432 g/mol. The number of phenolic OH excluding ortho intramolecular Hbond substituents is 1. The van der Waals surface area contributed by atoms with E-state index in [0.29, 0.717) is 26.8 Å². The highest BCUT2D eigenvalue weighted by atomic mass is 79.9. The monoisotopic (exact) mass is 446 g/mol. The van der Waals surface area contributed by atoms with Crippen LogP contribution >= 0.6 is 27.7 Å². The molecule has 1 aliphatic rings. The molecule has 0 saturated carbocycles. The lowest BCUT2D eigenvalue weighted by Crippen LogP contribution is -2.28. The molecule has 0 atom stereocenters. The molecule has 0 spiro atoms. The minimum Gasteiger partial charge on any atom is -0.507 e. The standard InChI is InChI=1S/C19H15BrN2O4S/c1-2-22-17(24)16(9-11-6-7-15(23)14(20)8-11)27-19(22)21-13-5-3-4-12(10-13)18(25)26/h3-10,23H,2H2,1H3,(H,25,26)/b16-9+,21-19?. The zero-order valence-electron chi connectivity index (χ0n) is 14.2. The Balaban J connectivity index is 1.94. The number of carbonyl (C=O) groups excluding carboxylic acids is 1. The van der Waals surface area contributed by atoms with Crippen molar-refractivity contribution in [2.45, 2.75) is 6.92 Å². The summed E-state index contributed by atoms with van der Waals surface area (Å²) in [5.41, 5.74) is 1.37. The van der Waals surface area contributed by atoms with Crippen molar-refractivity contribution >= 4 is 56.5 Å². The van der Waals surface area contributed by atoms with Crippen molar-refractivity contribution in [1.82, 2.24) is 4.90 Å². The maximum absolute atomic E-state index is 12.7. The van der Waals surface area contributed by atoms with E-state index in [4.69, 9.17) is 5.11 Å². The van der Waals surface area contributed by atoms with E-state index >= 15 is 0 Å². The number of hydrogen-bond donors (Lipinski definition) is 2. The number of benzene rings is 2. The number of aromatic carboxylic acids is 1. The number of rotatable bonds is 4. The van der Waals surface area contributed by atoms with Crippen LogP contribution in [0.2, 0.25) is 0 Å². The van der Waals surface area contributed by atoms with Crippen molar-refractivity contribution in [3.63, 3.8) is 0 Å². The Kier molecular flexibility index (Phi) is 5.67. The molecule has 0 radical (unpaired) electrons. The first-order valence-electron chi connectivity index (χ1n) is 8.01. The van der Waals surface area contributed by atoms with E-state index in [1.165, 1.54) is 23.9 Å². The van der Waals surface area contributed by atoms with E-state index in [1.807, 2.05) is 6.92 Å². The van der Waals surface area contributed by atoms with Gasteiger partial charge >= 0.3 is 5.97 Å². The summed E-state index contributed by atoms with van der Waals surface area (Å²) in [6.07, 6.45) is 1.73. The number of amides is 1. The predicted molar refractivity (Wildman–Crippen MR) is 109 cm³/mol. The Morgan fingerprint density at radius 1 is 1.30 bits per heavy atom. The molecule has 2 aromatic carbocycles. The lowest BCUT2D eigenvalue weighted by atomic mass is 10.2. The normalized spacial score (nSPS) is 17.1. The van der Waals surface area contributed by atoms with Crippen LogP contribution in [0.3, 0.4) is 0 Å². The molecule has 2 N–H and O–H groups in total. The number of amidine groups is 1. The van der Waals surface area contributed by atoms with E-state index in [-0.39, 0.29) is 17.2 Å². The van der Waals surface area contributed by atoms with E-state index in [9.17, 15) is 14.7 Å². The molecule has 27 heavy (non-hydrogen) atoms. The van der Waals surface area contributed by atoms with Crippen molar-refractivity contribution < 1.29 is 19.8 Å². The first-order chi connectivity index (χ1) is 12.9. The maximum atomic E-state index is 12.7. The van der Waals surface area contributed by atoms with E-state index in [1.54, 1.807) is 41.3 Å². The van der Waals surface area contributed by atoms with Crippen molar-refractivity contribution in [2.75, 3.05) is 6.54 Å². The number of nitrogens with zero attached hydrogens (tertiary/aromatic N) is 2. The molecule has 138 valence electrons. The molecule has 6 nitrogen and oxygen atoms in total. The van der Waals surface area contributed by atoms with Crippen LogP contribution in [0, 0.1) is 0 Å². The number of carboxylic acid groups (broad SMARTS) is 1. The van der Waals surface area contributed by atoms with Crippen molar-refractivity contribution in [3.8, 4) is 5.75 Å². The molecule has 2 aromatic rings. The van der Waals surface area contributed by atoms with Crippen LogP contribution in [0.15, 0.2) is 56.8 Å². The number of halogens is 1. The van der Waals surface area contributed by atoms with Gasteiger partial charge in [-0.2, -0.15) is 0 Å². The smallest absolute Gasteiger partial charge is 0.335 e. The third-order valence-electron chi connectivity index (χ3n) is 3.79. The third-order valence-corrected chi connectivity index (χ3v) is 5.43. The first kappa shape index (κ1) is 19.2. The highest BCUT2D eigenvalue weighted by molar-refractivity contribution is 9.10. The molecule has 3 rings (SSSR count). The van der Waals surface area contributed by atoms with Gasteiger partial charge in [0.1, 0.15) is 5.75 Å². The molecule has 0 bridgehead atoms. The largest absolute Gasteiger partial charge is 0.507 e. The molecule has 1 aliphatic heterocycles. The Morgan fingerprint density at radius 3 is 2.74 bits per heavy atom. The minimum atomic E-state index is -1.03. The van der Waals surface area contributed by atoms with E-state index < -0.39 is 5.97 Å². The number of likely N-dealkylation sites (N-methyl/N-ethyl adjacent to an activating group) is 1. The summed E-state index contributed by atoms with van der Waals surface area (Å²) >= 11 is 4.49. The van der Waals surface area contributed by atoms with Gasteiger partial charge in [0, 0.05) is 6.54 Å². The van der Waals surface area contributed by atoms with Gasteiger partial charge in [0.2, 0.25) is 0 Å². The average molecular weight is 447 g/mol. The van der Waals surface area contributed by atoms with Gasteiger partial charge in [-0.25, -0.2) is 9.79 Å². The second-order valence-corrected chi connectivity index (χ2v) is 7.48. The molecule has 8 heteroatoms. The summed E-state index contributed by atoms with van der Waals surface area (Å²) in [7, 11) is 0. The molecule has 1 amide bonds. The van der Waals surface area contributed by atoms with Crippen molar-refractivity contribution in [2.24, 2.45) is 4.99 Å². The maximum Gasteiger partial charge on any atom is 0.335 e. The van der Waals surface area contributed by atoms with Crippen LogP contribution in [0.5, 0.6) is 5.75 Å². The molecule has 0 unspecified atom stereocenters. The second-order valence-electron chi connectivity index (χ2n) is 5.62. The number of carbonyl (C=O) groups is 2. The van der Waals surface area contributed by atoms with Crippen molar-refractivity contribution in [3.05, 3.63) is 63.0 Å². The fourth-order valence-corrected chi connectivity index (χ4v) is 3.91. The van der Waals surface area contributed by atoms with Gasteiger partial charge in [0.05, 0.1) is 20.6 Å². The highest BCUT2D eigenvalue weighted by Gasteiger charge is 2.32. The number of carboxylic acids is 1. The van der Waals surface area contributed by atoms with E-state index in [2.05, 4.69) is 20.9 Å². The van der Waals surface area contributed by atoms with Crippen LogP contribution < -0.4 is 0 Å². The summed E-state index contributed by atoms with van der Waals surface area (Å²) in [5.74, 6) is -1.07. The van der Waals surface area contributed by atoms with Gasteiger partial charge in [-0.15, -0.1) is 0 Å². The SMILES string of the molecule is CCN1C(=O)/C(=C\c2ccc(O)c(Br)c2)SC1=Nc1cccc(C(=O)O)c1. The Labute approximate surface area is 168 Å². The van der Waals surface area contributed by atoms with Crippen LogP contribution in [-0.4, -0.2) is 38.7 Å². The van der Waals surface area contributed by atoms with Crippen LogP contribution in [-0.2, 0) is 4.79 Å². The van der Waals surface area contributed by atoms with Crippen LogP contribution in [0.4, 0.5) is 5.69 Å². The lowest BCUT2D eigenvalue weighted by Gasteiger charge is -2.12. The molecule has 0 aromatic heterocycles. The number of phenols is 1. The van der Waals surface area contributed by atoms with Gasteiger partial charge in [-0.3, -0.25) is 9.69 Å². The topological polar surface area (TPSA) is 90.2 Å². The first-order valence-corrected chi connectivity index (χ1v) is 9.62. The van der Waals surface area contributed by atoms with Crippen molar-refractivity contribution in [1.29, 1.82) is 0 Å². The summed E-state index contributed by atoms with van der Waals surface area (Å²) in [5, 5.41) is 19.2. The molecule has 1 heterocycles. The quantitative estimate of drug-likeness (QED) is 0.675. The minimum absolute atomic E-state index is 0.123. The Morgan fingerprint density at radius 2 is 2.07 bits per heavy atom. The van der Waals surface area contributed by atoms with Gasteiger partial charge in [-0.05, 0) is 76.6 Å². The molecule has 1 saturated heterocycles. The summed E-state index contributed by atoms with van der Waals surface area (Å²) in [6, 6.07) is 11.2. The number of aliphatic imine (C=N–C) groups is 1. The Hall–Kier alpha value is -2.58. The number of aromatic hydroxyl groups is 1. The molecule has 1 fully saturated rings. The average Bonchev–Trinajstić information content (AvgIpc) is 2.93. The lowest BCUT2D eigenvalue weighted by molar-refractivity contribution is -0.122. The summed E-state index contributed by atoms with van der Waals surface area (Å²) in [6.45, 7) is 2.29. The van der Waals surface area contributed by atoms with E-state index in [0.717, 1.165) is 5.56 Å². The van der Waals surface area contributed by atoms with Crippen LogP contribution in [0.1, 0.15) is 22.8 Å². The predicted octanol–water partition coefficient (Wildman–Crippen LogP) is 4.48. The fraction of sp³-hybridized carbons (Fsp3) is 0.105. The zero-order chi connectivity index (χ0) is 19.6.